The van der Waals surface area contributed by atoms with Gasteiger partial charge in [-0.1, -0.05) is 23.7 Å². The Hall–Kier alpha value is -1.50. The molecule has 0 saturated heterocycles. The van der Waals surface area contributed by atoms with Gasteiger partial charge in [-0.25, -0.2) is 4.98 Å². The molecule has 4 heteroatoms. The summed E-state index contributed by atoms with van der Waals surface area (Å²) in [5.41, 5.74) is 1.78. The Morgan fingerprint density at radius 3 is 2.53 bits per heavy atom. The molecule has 0 bridgehead atoms. The largest absolute Gasteiger partial charge is 0.249 e. The Balaban J connectivity index is 1.98. The standard InChI is InChI=1S/C13H9ClN2S/c14-12-4-1-10(2-5-12)9-17-13-6-3-11(7-15)8-16-13/h1-6,8H,9H2. The van der Waals surface area contributed by atoms with E-state index in [1.165, 1.54) is 5.56 Å². The summed E-state index contributed by atoms with van der Waals surface area (Å²) in [6, 6.07) is 13.4. The second-order valence-electron chi connectivity index (χ2n) is 3.41. The summed E-state index contributed by atoms with van der Waals surface area (Å²) in [4.78, 5) is 4.20. The lowest BCUT2D eigenvalue weighted by Gasteiger charge is -2.01. The van der Waals surface area contributed by atoms with E-state index in [1.54, 1.807) is 24.0 Å². The quantitative estimate of drug-likeness (QED) is 0.786. The van der Waals surface area contributed by atoms with Crippen molar-refractivity contribution in [3.63, 3.8) is 0 Å². The molecule has 0 amide bonds. The van der Waals surface area contributed by atoms with E-state index in [0.717, 1.165) is 15.8 Å². The highest BCUT2D eigenvalue weighted by atomic mass is 35.5. The van der Waals surface area contributed by atoms with E-state index in [9.17, 15) is 0 Å². The predicted molar refractivity (Wildman–Crippen MR) is 70.0 cm³/mol. The molecule has 84 valence electrons. The zero-order valence-electron chi connectivity index (χ0n) is 8.93. The summed E-state index contributed by atoms with van der Waals surface area (Å²) in [5, 5.41) is 10.3. The van der Waals surface area contributed by atoms with Gasteiger partial charge in [0.15, 0.2) is 0 Å². The molecular weight excluding hydrogens is 252 g/mol. The van der Waals surface area contributed by atoms with Crippen molar-refractivity contribution in [3.8, 4) is 6.07 Å². The molecule has 0 aliphatic rings. The fourth-order valence-electron chi connectivity index (χ4n) is 1.27. The molecular formula is C13H9ClN2S. The second kappa shape index (κ2) is 5.72. The van der Waals surface area contributed by atoms with Crippen molar-refractivity contribution in [1.82, 2.24) is 4.98 Å². The lowest BCUT2D eigenvalue weighted by atomic mass is 10.2. The van der Waals surface area contributed by atoms with E-state index >= 15 is 0 Å². The van der Waals surface area contributed by atoms with Crippen LogP contribution in [-0.4, -0.2) is 4.98 Å². The molecule has 0 spiro atoms. The van der Waals surface area contributed by atoms with Crippen LogP contribution in [0.3, 0.4) is 0 Å². The maximum atomic E-state index is 8.65. The molecule has 1 heterocycles. The van der Waals surface area contributed by atoms with Crippen LogP contribution in [0.1, 0.15) is 11.1 Å². The molecule has 17 heavy (non-hydrogen) atoms. The first-order valence-electron chi connectivity index (χ1n) is 5.01. The number of halogens is 1. The van der Waals surface area contributed by atoms with Gasteiger partial charge in [0.1, 0.15) is 6.07 Å². The highest BCUT2D eigenvalue weighted by Crippen LogP contribution is 2.21. The van der Waals surface area contributed by atoms with Gasteiger partial charge < -0.3 is 0 Å². The summed E-state index contributed by atoms with van der Waals surface area (Å²) in [6.07, 6.45) is 1.59. The van der Waals surface area contributed by atoms with Gasteiger partial charge in [-0.3, -0.25) is 0 Å². The molecule has 0 aliphatic carbocycles. The van der Waals surface area contributed by atoms with Gasteiger partial charge >= 0.3 is 0 Å². The lowest BCUT2D eigenvalue weighted by Crippen LogP contribution is -1.84. The minimum atomic E-state index is 0.584. The Morgan fingerprint density at radius 2 is 1.94 bits per heavy atom. The number of pyridine rings is 1. The van der Waals surface area contributed by atoms with Gasteiger partial charge in [-0.2, -0.15) is 5.26 Å². The first kappa shape index (κ1) is 12.0. The minimum Gasteiger partial charge on any atom is -0.249 e. The van der Waals surface area contributed by atoms with Crippen LogP contribution < -0.4 is 0 Å². The van der Waals surface area contributed by atoms with E-state index in [0.29, 0.717) is 5.56 Å². The number of nitriles is 1. The Labute approximate surface area is 109 Å². The smallest absolute Gasteiger partial charge is 0.101 e. The topological polar surface area (TPSA) is 36.7 Å². The Bertz CT molecular complexity index is 529. The third kappa shape index (κ3) is 3.48. The van der Waals surface area contributed by atoms with Crippen LogP contribution in [0.2, 0.25) is 5.02 Å². The molecule has 0 saturated carbocycles. The number of thioether (sulfide) groups is 1. The van der Waals surface area contributed by atoms with Crippen molar-refractivity contribution >= 4 is 23.4 Å². The number of rotatable bonds is 3. The first-order chi connectivity index (χ1) is 8.28. The maximum absolute atomic E-state index is 8.65. The van der Waals surface area contributed by atoms with Crippen molar-refractivity contribution in [2.75, 3.05) is 0 Å². The normalized spacial score (nSPS) is 9.88. The van der Waals surface area contributed by atoms with Gasteiger partial charge in [0.25, 0.3) is 0 Å². The van der Waals surface area contributed by atoms with E-state index in [4.69, 9.17) is 16.9 Å². The van der Waals surface area contributed by atoms with Gasteiger partial charge in [0, 0.05) is 17.0 Å². The third-order valence-corrected chi connectivity index (χ3v) is 3.43. The van der Waals surface area contributed by atoms with Gasteiger partial charge in [0.05, 0.1) is 10.6 Å². The third-order valence-electron chi connectivity index (χ3n) is 2.17. The number of aromatic nitrogens is 1. The molecule has 0 unspecified atom stereocenters. The zero-order chi connectivity index (χ0) is 12.1. The Morgan fingerprint density at radius 1 is 1.18 bits per heavy atom. The van der Waals surface area contributed by atoms with Crippen molar-refractivity contribution in [1.29, 1.82) is 5.26 Å². The fourth-order valence-corrected chi connectivity index (χ4v) is 2.19. The SMILES string of the molecule is N#Cc1ccc(SCc2ccc(Cl)cc2)nc1. The summed E-state index contributed by atoms with van der Waals surface area (Å²) >= 11 is 7.45. The van der Waals surface area contributed by atoms with Crippen molar-refractivity contribution in [2.24, 2.45) is 0 Å². The summed E-state index contributed by atoms with van der Waals surface area (Å²) in [6.45, 7) is 0. The van der Waals surface area contributed by atoms with Crippen molar-refractivity contribution < 1.29 is 0 Å². The van der Waals surface area contributed by atoms with Crippen LogP contribution in [0, 0.1) is 11.3 Å². The highest BCUT2D eigenvalue weighted by molar-refractivity contribution is 7.98. The molecule has 0 N–H and O–H groups in total. The van der Waals surface area contributed by atoms with Gasteiger partial charge in [0.2, 0.25) is 0 Å². The molecule has 1 aromatic carbocycles. The molecule has 0 radical (unpaired) electrons. The molecule has 0 fully saturated rings. The van der Waals surface area contributed by atoms with Gasteiger partial charge in [-0.05, 0) is 29.8 Å². The molecule has 2 nitrogen and oxygen atoms in total. The fraction of sp³-hybridized carbons (Fsp3) is 0.0769. The average molecular weight is 261 g/mol. The van der Waals surface area contributed by atoms with Crippen molar-refractivity contribution in [3.05, 3.63) is 58.7 Å². The Kier molecular flexibility index (Phi) is 4.03. The van der Waals surface area contributed by atoms with Crippen LogP contribution in [0.25, 0.3) is 0 Å². The zero-order valence-corrected chi connectivity index (χ0v) is 10.5. The number of benzene rings is 1. The van der Waals surface area contributed by atoms with E-state index in [2.05, 4.69) is 4.98 Å². The molecule has 0 aliphatic heterocycles. The first-order valence-corrected chi connectivity index (χ1v) is 6.38. The number of hydrogen-bond acceptors (Lipinski definition) is 3. The van der Waals surface area contributed by atoms with E-state index in [-0.39, 0.29) is 0 Å². The summed E-state index contributed by atoms with van der Waals surface area (Å²) < 4.78 is 0. The van der Waals surface area contributed by atoms with Crippen LogP contribution in [0.15, 0.2) is 47.6 Å². The average Bonchev–Trinajstić information content (AvgIpc) is 2.39. The number of hydrogen-bond donors (Lipinski definition) is 0. The minimum absolute atomic E-state index is 0.584. The second-order valence-corrected chi connectivity index (χ2v) is 4.84. The predicted octanol–water partition coefficient (Wildman–Crippen LogP) is 3.90. The summed E-state index contributed by atoms with van der Waals surface area (Å²) in [5.74, 6) is 0.843. The van der Waals surface area contributed by atoms with Crippen molar-refractivity contribution in [2.45, 2.75) is 10.8 Å². The van der Waals surface area contributed by atoms with E-state index < -0.39 is 0 Å². The maximum Gasteiger partial charge on any atom is 0.101 e. The molecule has 1 aromatic heterocycles. The van der Waals surface area contributed by atoms with Crippen LogP contribution >= 0.6 is 23.4 Å². The highest BCUT2D eigenvalue weighted by Gasteiger charge is 1.98. The number of nitrogens with zero attached hydrogens (tertiary/aromatic N) is 2. The summed E-state index contributed by atoms with van der Waals surface area (Å²) in [7, 11) is 0. The molecule has 0 atom stereocenters. The van der Waals surface area contributed by atoms with Crippen LogP contribution in [0.5, 0.6) is 0 Å². The van der Waals surface area contributed by atoms with Crippen LogP contribution in [-0.2, 0) is 5.75 Å². The van der Waals surface area contributed by atoms with E-state index in [1.807, 2.05) is 36.4 Å². The molecule has 2 rings (SSSR count). The molecule has 2 aromatic rings. The van der Waals surface area contributed by atoms with Gasteiger partial charge in [-0.15, -0.1) is 11.8 Å². The van der Waals surface area contributed by atoms with Crippen LogP contribution in [0.4, 0.5) is 0 Å². The lowest BCUT2D eigenvalue weighted by molar-refractivity contribution is 1.12. The monoisotopic (exact) mass is 260 g/mol.